The molecule has 1 aliphatic rings. The van der Waals surface area contributed by atoms with Crippen molar-refractivity contribution in [1.82, 2.24) is 5.32 Å². The van der Waals surface area contributed by atoms with Crippen molar-refractivity contribution >= 4 is 15.9 Å². The molecule has 1 aromatic rings. The molecule has 0 unspecified atom stereocenters. The second-order valence-electron chi connectivity index (χ2n) is 5.33. The third-order valence-electron chi connectivity index (χ3n) is 3.71. The number of hydrogen-bond acceptors (Lipinski definition) is 1. The lowest BCUT2D eigenvalue weighted by Gasteiger charge is -2.24. The van der Waals surface area contributed by atoms with Crippen molar-refractivity contribution in [2.24, 2.45) is 5.41 Å². The summed E-state index contributed by atoms with van der Waals surface area (Å²) in [4.78, 5) is 0. The lowest BCUT2D eigenvalue weighted by Crippen LogP contribution is -2.29. The largest absolute Gasteiger partial charge is 0.312 e. The summed E-state index contributed by atoms with van der Waals surface area (Å²) in [6, 6.07) is 5.19. The van der Waals surface area contributed by atoms with Gasteiger partial charge >= 0.3 is 0 Å². The minimum Gasteiger partial charge on any atom is -0.312 e. The highest BCUT2D eigenvalue weighted by Crippen LogP contribution is 2.36. The summed E-state index contributed by atoms with van der Waals surface area (Å²) < 4.78 is 13.9. The number of rotatable bonds is 4. The molecule has 1 aliphatic carbocycles. The van der Waals surface area contributed by atoms with Crippen LogP contribution in [0.25, 0.3) is 0 Å². The Kier molecular flexibility index (Phi) is 4.21. The Balaban J connectivity index is 1.88. The molecule has 0 atom stereocenters. The second kappa shape index (κ2) is 5.49. The molecule has 0 amide bonds. The minimum absolute atomic E-state index is 0.184. The van der Waals surface area contributed by atoms with Crippen LogP contribution in [0.4, 0.5) is 4.39 Å². The highest BCUT2D eigenvalue weighted by Gasteiger charge is 2.27. The topological polar surface area (TPSA) is 12.0 Å². The van der Waals surface area contributed by atoms with Crippen LogP contribution >= 0.6 is 15.9 Å². The van der Waals surface area contributed by atoms with Gasteiger partial charge in [-0.15, -0.1) is 0 Å². The fraction of sp³-hybridized carbons (Fsp3) is 0.571. The molecule has 0 radical (unpaired) electrons. The summed E-state index contributed by atoms with van der Waals surface area (Å²) in [5.74, 6) is -0.184. The maximum atomic E-state index is 13.3. The standard InChI is InChI=1S/C14H19BrFN/c1-14(7-2-3-8-14)10-17-9-11-5-4-6-12(16)13(11)15/h4-6,17H,2-3,7-10H2,1H3. The zero-order chi connectivity index (χ0) is 12.3. The molecule has 0 aromatic heterocycles. The maximum absolute atomic E-state index is 13.3. The fourth-order valence-corrected chi connectivity index (χ4v) is 2.99. The fourth-order valence-electron chi connectivity index (χ4n) is 2.59. The first-order valence-electron chi connectivity index (χ1n) is 6.24. The summed E-state index contributed by atoms with van der Waals surface area (Å²) in [7, 11) is 0. The molecule has 17 heavy (non-hydrogen) atoms. The van der Waals surface area contributed by atoms with E-state index in [1.54, 1.807) is 6.07 Å². The lowest BCUT2D eigenvalue weighted by molar-refractivity contribution is 0.314. The van der Waals surface area contributed by atoms with E-state index in [4.69, 9.17) is 0 Å². The Labute approximate surface area is 111 Å². The van der Waals surface area contributed by atoms with Crippen LogP contribution in [-0.2, 0) is 6.54 Å². The number of nitrogens with one attached hydrogen (secondary N) is 1. The van der Waals surface area contributed by atoms with Gasteiger partial charge in [0.2, 0.25) is 0 Å². The van der Waals surface area contributed by atoms with Gasteiger partial charge in [-0.3, -0.25) is 0 Å². The molecule has 2 rings (SSSR count). The Bertz CT molecular complexity index is 386. The van der Waals surface area contributed by atoms with Crippen LogP contribution in [0.5, 0.6) is 0 Å². The van der Waals surface area contributed by atoms with Gasteiger partial charge in [-0.25, -0.2) is 4.39 Å². The summed E-state index contributed by atoms with van der Waals surface area (Å²) in [6.45, 7) is 4.09. The van der Waals surface area contributed by atoms with Crippen molar-refractivity contribution in [2.75, 3.05) is 6.54 Å². The zero-order valence-electron chi connectivity index (χ0n) is 10.2. The van der Waals surface area contributed by atoms with Gasteiger partial charge in [-0.2, -0.15) is 0 Å². The molecule has 0 bridgehead atoms. The van der Waals surface area contributed by atoms with Crippen molar-refractivity contribution in [3.8, 4) is 0 Å². The van der Waals surface area contributed by atoms with E-state index in [2.05, 4.69) is 28.2 Å². The third kappa shape index (κ3) is 3.29. The zero-order valence-corrected chi connectivity index (χ0v) is 11.8. The first kappa shape index (κ1) is 13.0. The number of hydrogen-bond donors (Lipinski definition) is 1. The van der Waals surface area contributed by atoms with E-state index in [1.807, 2.05) is 6.07 Å². The summed E-state index contributed by atoms with van der Waals surface area (Å²) in [5, 5.41) is 3.46. The lowest BCUT2D eigenvalue weighted by atomic mass is 9.89. The third-order valence-corrected chi connectivity index (χ3v) is 4.60. The predicted octanol–water partition coefficient (Wildman–Crippen LogP) is 4.26. The van der Waals surface area contributed by atoms with E-state index in [0.717, 1.165) is 18.7 Å². The predicted molar refractivity (Wildman–Crippen MR) is 72.4 cm³/mol. The first-order valence-corrected chi connectivity index (χ1v) is 7.04. The molecule has 1 nitrogen and oxygen atoms in total. The average molecular weight is 300 g/mol. The van der Waals surface area contributed by atoms with Gasteiger partial charge in [0.05, 0.1) is 4.47 Å². The minimum atomic E-state index is -0.184. The van der Waals surface area contributed by atoms with Crippen LogP contribution in [0.15, 0.2) is 22.7 Å². The van der Waals surface area contributed by atoms with Gasteiger partial charge in [0.25, 0.3) is 0 Å². The molecule has 3 heteroatoms. The smallest absolute Gasteiger partial charge is 0.137 e. The molecule has 1 saturated carbocycles. The van der Waals surface area contributed by atoms with E-state index >= 15 is 0 Å². The maximum Gasteiger partial charge on any atom is 0.137 e. The average Bonchev–Trinajstić information content (AvgIpc) is 2.72. The molecule has 0 aliphatic heterocycles. The molecular weight excluding hydrogens is 281 g/mol. The summed E-state index contributed by atoms with van der Waals surface area (Å²) >= 11 is 3.29. The molecular formula is C14H19BrFN. The molecule has 1 aromatic carbocycles. The Morgan fingerprint density at radius 3 is 2.76 bits per heavy atom. The van der Waals surface area contributed by atoms with Crippen molar-refractivity contribution in [1.29, 1.82) is 0 Å². The van der Waals surface area contributed by atoms with Crippen molar-refractivity contribution in [2.45, 2.75) is 39.2 Å². The molecule has 0 spiro atoms. The molecule has 1 fully saturated rings. The summed E-state index contributed by atoms with van der Waals surface area (Å²) in [5.41, 5.74) is 1.44. The van der Waals surface area contributed by atoms with E-state index < -0.39 is 0 Å². The highest BCUT2D eigenvalue weighted by atomic mass is 79.9. The highest BCUT2D eigenvalue weighted by molar-refractivity contribution is 9.10. The number of halogens is 2. The van der Waals surface area contributed by atoms with Gasteiger partial charge in [0.15, 0.2) is 0 Å². The monoisotopic (exact) mass is 299 g/mol. The Morgan fingerprint density at radius 2 is 2.06 bits per heavy atom. The molecule has 94 valence electrons. The molecule has 0 saturated heterocycles. The summed E-state index contributed by atoms with van der Waals surface area (Å²) in [6.07, 6.45) is 5.32. The molecule has 1 N–H and O–H groups in total. The van der Waals surface area contributed by atoms with Crippen LogP contribution < -0.4 is 5.32 Å². The van der Waals surface area contributed by atoms with E-state index in [0.29, 0.717) is 9.89 Å². The SMILES string of the molecule is CC1(CNCc2cccc(F)c2Br)CCCC1. The van der Waals surface area contributed by atoms with Crippen molar-refractivity contribution in [3.63, 3.8) is 0 Å². The first-order chi connectivity index (χ1) is 8.11. The van der Waals surface area contributed by atoms with E-state index in [9.17, 15) is 4.39 Å². The van der Waals surface area contributed by atoms with Crippen LogP contribution in [0.2, 0.25) is 0 Å². The van der Waals surface area contributed by atoms with Crippen LogP contribution in [-0.4, -0.2) is 6.54 Å². The van der Waals surface area contributed by atoms with Crippen molar-refractivity contribution in [3.05, 3.63) is 34.1 Å². The number of benzene rings is 1. The van der Waals surface area contributed by atoms with E-state index in [-0.39, 0.29) is 5.82 Å². The Hall–Kier alpha value is -0.410. The van der Waals surface area contributed by atoms with Gasteiger partial charge in [0, 0.05) is 13.1 Å². The van der Waals surface area contributed by atoms with Crippen molar-refractivity contribution < 1.29 is 4.39 Å². The quantitative estimate of drug-likeness (QED) is 0.876. The van der Waals surface area contributed by atoms with Gasteiger partial charge < -0.3 is 5.32 Å². The van der Waals surface area contributed by atoms with Crippen LogP contribution in [0, 0.1) is 11.2 Å². The van der Waals surface area contributed by atoms with Crippen LogP contribution in [0.1, 0.15) is 38.2 Å². The van der Waals surface area contributed by atoms with Crippen LogP contribution in [0.3, 0.4) is 0 Å². The van der Waals surface area contributed by atoms with E-state index in [1.165, 1.54) is 31.7 Å². The van der Waals surface area contributed by atoms with Gasteiger partial charge in [0.1, 0.15) is 5.82 Å². The second-order valence-corrected chi connectivity index (χ2v) is 6.13. The van der Waals surface area contributed by atoms with Gasteiger partial charge in [-0.1, -0.05) is 31.9 Å². The normalized spacial score (nSPS) is 18.5. The van der Waals surface area contributed by atoms with Gasteiger partial charge in [-0.05, 0) is 45.8 Å². The Morgan fingerprint density at radius 1 is 1.35 bits per heavy atom. The molecule has 0 heterocycles.